The second-order valence-electron chi connectivity index (χ2n) is 4.33. The fourth-order valence-electron chi connectivity index (χ4n) is 1.73. The Balaban J connectivity index is 2.09. The van der Waals surface area contributed by atoms with Crippen molar-refractivity contribution in [2.75, 3.05) is 5.73 Å². The van der Waals surface area contributed by atoms with Gasteiger partial charge >= 0.3 is 0 Å². The Labute approximate surface area is 110 Å². The highest BCUT2D eigenvalue weighted by Gasteiger charge is 2.11. The third-order valence-electron chi connectivity index (χ3n) is 3.06. The Bertz CT molecular complexity index is 619. The van der Waals surface area contributed by atoms with E-state index in [0.29, 0.717) is 12.2 Å². The number of hydrogen-bond acceptors (Lipinski definition) is 4. The lowest BCUT2D eigenvalue weighted by Crippen LogP contribution is -2.24. The number of nitrogen functional groups attached to an aromatic ring is 1. The number of nitrogens with one attached hydrogen (secondary N) is 1. The number of hydrogen-bond donors (Lipinski definition) is 3. The van der Waals surface area contributed by atoms with Crippen molar-refractivity contribution >= 4 is 11.6 Å². The van der Waals surface area contributed by atoms with Gasteiger partial charge in [-0.15, -0.1) is 0 Å². The number of phenolic OH excluding ortho intramolecular Hbond substituents is 1. The van der Waals surface area contributed by atoms with Crippen LogP contribution in [-0.2, 0) is 13.6 Å². The molecule has 4 N–H and O–H groups in total. The number of rotatable bonds is 3. The molecule has 0 atom stereocenters. The van der Waals surface area contributed by atoms with Crippen molar-refractivity contribution in [2.45, 2.75) is 13.5 Å². The van der Waals surface area contributed by atoms with E-state index in [9.17, 15) is 9.90 Å². The van der Waals surface area contributed by atoms with E-state index >= 15 is 0 Å². The van der Waals surface area contributed by atoms with E-state index in [1.165, 1.54) is 18.2 Å². The summed E-state index contributed by atoms with van der Waals surface area (Å²) in [5.74, 6) is -0.312. The van der Waals surface area contributed by atoms with Crippen LogP contribution in [0, 0.1) is 6.92 Å². The van der Waals surface area contributed by atoms with Crippen LogP contribution in [0.2, 0.25) is 0 Å². The Kier molecular flexibility index (Phi) is 3.41. The zero-order valence-electron chi connectivity index (χ0n) is 10.8. The van der Waals surface area contributed by atoms with Gasteiger partial charge in [0.1, 0.15) is 5.75 Å². The van der Waals surface area contributed by atoms with Gasteiger partial charge in [-0.2, -0.15) is 5.10 Å². The van der Waals surface area contributed by atoms with Crippen LogP contribution in [0.15, 0.2) is 24.4 Å². The highest BCUT2D eigenvalue weighted by molar-refractivity contribution is 5.99. The summed E-state index contributed by atoms with van der Waals surface area (Å²) in [5, 5.41) is 16.2. The molecular formula is C13H16N4O2. The van der Waals surface area contributed by atoms with Gasteiger partial charge in [-0.3, -0.25) is 9.48 Å². The van der Waals surface area contributed by atoms with Crippen LogP contribution < -0.4 is 11.1 Å². The first-order valence-corrected chi connectivity index (χ1v) is 5.83. The summed E-state index contributed by atoms with van der Waals surface area (Å²) in [4.78, 5) is 12.0. The molecule has 1 aromatic carbocycles. The van der Waals surface area contributed by atoms with Crippen molar-refractivity contribution in [3.63, 3.8) is 0 Å². The molecule has 0 radical (unpaired) electrons. The van der Waals surface area contributed by atoms with Crippen LogP contribution in [0.5, 0.6) is 5.75 Å². The van der Waals surface area contributed by atoms with Gasteiger partial charge in [-0.1, -0.05) is 0 Å². The first-order valence-electron chi connectivity index (χ1n) is 5.83. The predicted octanol–water partition coefficient (Wildman–Crippen LogP) is 0.946. The zero-order valence-corrected chi connectivity index (χ0v) is 10.8. The van der Waals surface area contributed by atoms with Gasteiger partial charge in [-0.25, -0.2) is 0 Å². The molecule has 6 nitrogen and oxygen atoms in total. The number of aromatic nitrogens is 2. The van der Waals surface area contributed by atoms with Crippen LogP contribution in [0.25, 0.3) is 0 Å². The molecule has 19 heavy (non-hydrogen) atoms. The molecule has 1 aromatic heterocycles. The fraction of sp³-hybridized carbons (Fsp3) is 0.231. The number of carbonyl (C=O) groups excluding carboxylic acids is 1. The number of benzene rings is 1. The molecule has 0 aliphatic rings. The number of carbonyl (C=O) groups is 1. The van der Waals surface area contributed by atoms with E-state index in [-0.39, 0.29) is 17.2 Å². The first kappa shape index (κ1) is 12.9. The number of phenols is 1. The third kappa shape index (κ3) is 2.67. The average Bonchev–Trinajstić information content (AvgIpc) is 2.70. The van der Waals surface area contributed by atoms with Crippen molar-refractivity contribution in [1.82, 2.24) is 15.1 Å². The normalized spacial score (nSPS) is 10.4. The van der Waals surface area contributed by atoms with E-state index in [0.717, 1.165) is 11.3 Å². The molecule has 0 unspecified atom stereocenters. The third-order valence-corrected chi connectivity index (χ3v) is 3.06. The summed E-state index contributed by atoms with van der Waals surface area (Å²) in [6.07, 6.45) is 1.71. The lowest BCUT2D eigenvalue weighted by Gasteiger charge is -2.07. The van der Waals surface area contributed by atoms with Gasteiger partial charge in [0.05, 0.1) is 11.8 Å². The minimum atomic E-state index is -0.323. The molecule has 0 bridgehead atoms. The predicted molar refractivity (Wildman–Crippen MR) is 71.6 cm³/mol. The molecule has 0 fully saturated rings. The number of aryl methyl sites for hydroxylation is 1. The molecule has 0 saturated heterocycles. The Morgan fingerprint density at radius 1 is 1.53 bits per heavy atom. The van der Waals surface area contributed by atoms with Crippen LogP contribution in [0.1, 0.15) is 21.6 Å². The van der Waals surface area contributed by atoms with E-state index < -0.39 is 0 Å². The summed E-state index contributed by atoms with van der Waals surface area (Å²) < 4.78 is 1.74. The SMILES string of the molecule is Cc1c(CNC(=O)c2cc(O)ccc2N)cnn1C. The summed E-state index contributed by atoms with van der Waals surface area (Å²) in [5.41, 5.74) is 8.23. The molecule has 0 spiro atoms. The fourth-order valence-corrected chi connectivity index (χ4v) is 1.73. The molecular weight excluding hydrogens is 244 g/mol. The molecule has 0 saturated carbocycles. The topological polar surface area (TPSA) is 93.2 Å². The van der Waals surface area contributed by atoms with Crippen LogP contribution in [0.4, 0.5) is 5.69 Å². The maximum atomic E-state index is 12.0. The van der Waals surface area contributed by atoms with Crippen LogP contribution in [0.3, 0.4) is 0 Å². The van der Waals surface area contributed by atoms with E-state index in [1.807, 2.05) is 14.0 Å². The summed E-state index contributed by atoms with van der Waals surface area (Å²) in [6.45, 7) is 2.30. The molecule has 1 heterocycles. The molecule has 2 rings (SSSR count). The van der Waals surface area contributed by atoms with E-state index in [2.05, 4.69) is 10.4 Å². The number of nitrogens with two attached hydrogens (primary N) is 1. The zero-order chi connectivity index (χ0) is 14.0. The monoisotopic (exact) mass is 260 g/mol. The minimum absolute atomic E-state index is 0.0110. The molecule has 0 aliphatic heterocycles. The Morgan fingerprint density at radius 2 is 2.26 bits per heavy atom. The molecule has 0 aliphatic carbocycles. The quantitative estimate of drug-likeness (QED) is 0.565. The standard InChI is InChI=1S/C13H16N4O2/c1-8-9(7-16-17(8)2)6-15-13(19)11-5-10(18)3-4-12(11)14/h3-5,7,18H,6,14H2,1-2H3,(H,15,19). The van der Waals surface area contributed by atoms with E-state index in [4.69, 9.17) is 5.73 Å². The average molecular weight is 260 g/mol. The van der Waals surface area contributed by atoms with Crippen LogP contribution >= 0.6 is 0 Å². The second-order valence-corrected chi connectivity index (χ2v) is 4.33. The summed E-state index contributed by atoms with van der Waals surface area (Å²) in [6, 6.07) is 4.29. The first-order chi connectivity index (χ1) is 8.99. The van der Waals surface area contributed by atoms with E-state index in [1.54, 1.807) is 10.9 Å². The lowest BCUT2D eigenvalue weighted by atomic mass is 10.1. The van der Waals surface area contributed by atoms with Crippen molar-refractivity contribution in [2.24, 2.45) is 7.05 Å². The minimum Gasteiger partial charge on any atom is -0.508 e. The summed E-state index contributed by atoms with van der Waals surface area (Å²) in [7, 11) is 1.84. The largest absolute Gasteiger partial charge is 0.508 e. The smallest absolute Gasteiger partial charge is 0.253 e. The number of nitrogens with zero attached hydrogens (tertiary/aromatic N) is 2. The molecule has 100 valence electrons. The molecule has 6 heteroatoms. The van der Waals surface area contributed by atoms with Gasteiger partial charge < -0.3 is 16.2 Å². The highest BCUT2D eigenvalue weighted by atomic mass is 16.3. The van der Waals surface area contributed by atoms with Crippen molar-refractivity contribution < 1.29 is 9.90 Å². The number of aromatic hydroxyl groups is 1. The number of anilines is 1. The maximum absolute atomic E-state index is 12.0. The van der Waals surface area contributed by atoms with Gasteiger partial charge in [0, 0.05) is 30.5 Å². The Morgan fingerprint density at radius 3 is 2.89 bits per heavy atom. The van der Waals surface area contributed by atoms with Crippen molar-refractivity contribution in [1.29, 1.82) is 0 Å². The number of amides is 1. The maximum Gasteiger partial charge on any atom is 0.253 e. The van der Waals surface area contributed by atoms with Crippen LogP contribution in [-0.4, -0.2) is 20.8 Å². The molecule has 1 amide bonds. The van der Waals surface area contributed by atoms with Gasteiger partial charge in [-0.05, 0) is 25.1 Å². The Hall–Kier alpha value is -2.50. The van der Waals surface area contributed by atoms with Crippen molar-refractivity contribution in [3.8, 4) is 5.75 Å². The van der Waals surface area contributed by atoms with Crippen molar-refractivity contribution in [3.05, 3.63) is 41.2 Å². The lowest BCUT2D eigenvalue weighted by molar-refractivity contribution is 0.0951. The van der Waals surface area contributed by atoms with Gasteiger partial charge in [0.2, 0.25) is 0 Å². The molecule has 2 aromatic rings. The summed E-state index contributed by atoms with van der Waals surface area (Å²) >= 11 is 0. The van der Waals surface area contributed by atoms with Gasteiger partial charge in [0.25, 0.3) is 5.91 Å². The highest BCUT2D eigenvalue weighted by Crippen LogP contribution is 2.18. The van der Waals surface area contributed by atoms with Gasteiger partial charge in [0.15, 0.2) is 0 Å². The second kappa shape index (κ2) is 5.01.